The van der Waals surface area contributed by atoms with Crippen LogP contribution >= 0.6 is 0 Å². The number of carbonyl (C=O) groups is 2. The lowest BCUT2D eigenvalue weighted by atomic mass is 9.89. The summed E-state index contributed by atoms with van der Waals surface area (Å²) in [6.45, 7) is 4.31. The molecular formula is C11H14N2O2. The maximum absolute atomic E-state index is 10.8. The number of amides is 1. The molecule has 1 aromatic rings. The van der Waals surface area contributed by atoms with Crippen molar-refractivity contribution in [2.75, 3.05) is 6.54 Å². The molecule has 1 rings (SSSR count). The number of aromatic nitrogens is 1. The van der Waals surface area contributed by atoms with Gasteiger partial charge in [-0.3, -0.25) is 14.6 Å². The van der Waals surface area contributed by atoms with Crippen LogP contribution in [0.15, 0.2) is 24.4 Å². The summed E-state index contributed by atoms with van der Waals surface area (Å²) in [4.78, 5) is 25.1. The lowest BCUT2D eigenvalue weighted by molar-refractivity contribution is -0.131. The molecule has 80 valence electrons. The van der Waals surface area contributed by atoms with Crippen LogP contribution in [-0.2, 0) is 15.0 Å². The topological polar surface area (TPSA) is 59.1 Å². The van der Waals surface area contributed by atoms with E-state index in [4.69, 9.17) is 0 Å². The molecule has 4 heteroatoms. The molecule has 0 fully saturated rings. The highest BCUT2D eigenvalue weighted by Crippen LogP contribution is 2.19. The van der Waals surface area contributed by atoms with Gasteiger partial charge in [0, 0.05) is 23.9 Å². The molecule has 0 spiro atoms. The predicted octanol–water partition coefficient (Wildman–Crippen LogP) is 0.674. The molecule has 4 nitrogen and oxygen atoms in total. The molecule has 1 aromatic heterocycles. The molecule has 1 heterocycles. The van der Waals surface area contributed by atoms with E-state index >= 15 is 0 Å². The molecule has 1 N–H and O–H groups in total. The van der Waals surface area contributed by atoms with E-state index in [9.17, 15) is 9.59 Å². The highest BCUT2D eigenvalue weighted by atomic mass is 16.2. The molecule has 0 aliphatic rings. The number of pyridine rings is 1. The Bertz CT molecular complexity index is 347. The van der Waals surface area contributed by atoms with Crippen LogP contribution in [0.1, 0.15) is 19.5 Å². The maximum atomic E-state index is 10.8. The van der Waals surface area contributed by atoms with Crippen LogP contribution in [0.25, 0.3) is 0 Å². The van der Waals surface area contributed by atoms with Gasteiger partial charge in [-0.25, -0.2) is 0 Å². The van der Waals surface area contributed by atoms with Gasteiger partial charge in [-0.2, -0.15) is 0 Å². The first-order valence-corrected chi connectivity index (χ1v) is 4.71. The van der Waals surface area contributed by atoms with Gasteiger partial charge in [0.25, 0.3) is 5.91 Å². The highest BCUT2D eigenvalue weighted by Gasteiger charge is 2.22. The van der Waals surface area contributed by atoms with Crippen LogP contribution < -0.4 is 5.32 Å². The van der Waals surface area contributed by atoms with E-state index in [-0.39, 0.29) is 11.7 Å². The fraction of sp³-hybridized carbons (Fsp3) is 0.364. The van der Waals surface area contributed by atoms with Gasteiger partial charge >= 0.3 is 0 Å². The third-order valence-corrected chi connectivity index (χ3v) is 2.17. The Morgan fingerprint density at radius 3 is 2.80 bits per heavy atom. The average molecular weight is 206 g/mol. The first-order valence-electron chi connectivity index (χ1n) is 4.71. The quantitative estimate of drug-likeness (QED) is 0.582. The lowest BCUT2D eigenvalue weighted by Crippen LogP contribution is -2.37. The number of rotatable bonds is 4. The molecule has 0 bridgehead atoms. The molecule has 0 radical (unpaired) electrons. The second-order valence-electron chi connectivity index (χ2n) is 3.93. The van der Waals surface area contributed by atoms with E-state index in [0.717, 1.165) is 5.69 Å². The van der Waals surface area contributed by atoms with Crippen molar-refractivity contribution < 1.29 is 9.59 Å². The van der Waals surface area contributed by atoms with Crippen molar-refractivity contribution in [1.82, 2.24) is 10.3 Å². The number of hydrogen-bond donors (Lipinski definition) is 1. The standard InChI is InChI=1S/C11H14N2O2/c1-11(2,8-13-10(15)7-14)9-5-3-4-6-12-9/h3-7H,8H2,1-2H3,(H,13,15). The van der Waals surface area contributed by atoms with Crippen molar-refractivity contribution in [3.05, 3.63) is 30.1 Å². The molecule has 0 aliphatic carbocycles. The second-order valence-corrected chi connectivity index (χ2v) is 3.93. The van der Waals surface area contributed by atoms with E-state index in [1.807, 2.05) is 32.0 Å². The minimum absolute atomic E-state index is 0.272. The Kier molecular flexibility index (Phi) is 3.55. The van der Waals surface area contributed by atoms with Crippen LogP contribution in [0.5, 0.6) is 0 Å². The summed E-state index contributed by atoms with van der Waals surface area (Å²) in [7, 11) is 0. The Hall–Kier alpha value is -1.71. The monoisotopic (exact) mass is 206 g/mol. The van der Waals surface area contributed by atoms with Gasteiger partial charge < -0.3 is 5.32 Å². The van der Waals surface area contributed by atoms with Crippen molar-refractivity contribution in [2.45, 2.75) is 19.3 Å². The smallest absolute Gasteiger partial charge is 0.284 e. The summed E-state index contributed by atoms with van der Waals surface area (Å²) < 4.78 is 0. The van der Waals surface area contributed by atoms with Gasteiger partial charge in [-0.1, -0.05) is 19.9 Å². The minimum atomic E-state index is -0.598. The summed E-state index contributed by atoms with van der Waals surface area (Å²) in [5, 5.41) is 2.52. The van der Waals surface area contributed by atoms with Gasteiger partial charge in [0.2, 0.25) is 6.29 Å². The zero-order valence-corrected chi connectivity index (χ0v) is 8.86. The van der Waals surface area contributed by atoms with Crippen LogP contribution in [0.4, 0.5) is 0 Å². The Balaban J connectivity index is 2.67. The first kappa shape index (κ1) is 11.4. The molecular weight excluding hydrogens is 192 g/mol. The largest absolute Gasteiger partial charge is 0.349 e. The van der Waals surface area contributed by atoms with E-state index in [1.165, 1.54) is 0 Å². The fourth-order valence-corrected chi connectivity index (χ4v) is 1.20. The Morgan fingerprint density at radius 1 is 1.53 bits per heavy atom. The minimum Gasteiger partial charge on any atom is -0.349 e. The number of nitrogens with one attached hydrogen (secondary N) is 1. The Morgan fingerprint density at radius 2 is 2.27 bits per heavy atom. The van der Waals surface area contributed by atoms with Crippen LogP contribution in [0.2, 0.25) is 0 Å². The van der Waals surface area contributed by atoms with Crippen LogP contribution in [0, 0.1) is 0 Å². The van der Waals surface area contributed by atoms with Crippen molar-refractivity contribution in [1.29, 1.82) is 0 Å². The third-order valence-electron chi connectivity index (χ3n) is 2.17. The molecule has 0 saturated heterocycles. The zero-order valence-electron chi connectivity index (χ0n) is 8.86. The van der Waals surface area contributed by atoms with E-state index < -0.39 is 5.91 Å². The van der Waals surface area contributed by atoms with Gasteiger partial charge in [0.1, 0.15) is 0 Å². The third kappa shape index (κ3) is 3.16. The SMILES string of the molecule is CC(C)(CNC(=O)C=O)c1ccccn1. The van der Waals surface area contributed by atoms with Crippen molar-refractivity contribution >= 4 is 12.2 Å². The van der Waals surface area contributed by atoms with Gasteiger partial charge in [0.15, 0.2) is 0 Å². The number of aldehydes is 1. The highest BCUT2D eigenvalue weighted by molar-refractivity contribution is 6.23. The van der Waals surface area contributed by atoms with Crippen molar-refractivity contribution in [3.8, 4) is 0 Å². The maximum Gasteiger partial charge on any atom is 0.284 e. The molecule has 0 atom stereocenters. The van der Waals surface area contributed by atoms with Crippen LogP contribution in [-0.4, -0.2) is 23.7 Å². The molecule has 1 amide bonds. The van der Waals surface area contributed by atoms with E-state index in [0.29, 0.717) is 6.54 Å². The van der Waals surface area contributed by atoms with E-state index in [1.54, 1.807) is 6.20 Å². The second kappa shape index (κ2) is 4.68. The number of hydrogen-bond acceptors (Lipinski definition) is 3. The van der Waals surface area contributed by atoms with E-state index in [2.05, 4.69) is 10.3 Å². The summed E-state index contributed by atoms with van der Waals surface area (Å²) in [5.41, 5.74) is 0.608. The van der Waals surface area contributed by atoms with Gasteiger partial charge in [-0.05, 0) is 12.1 Å². The van der Waals surface area contributed by atoms with Crippen molar-refractivity contribution in [2.24, 2.45) is 0 Å². The molecule has 0 saturated carbocycles. The predicted molar refractivity (Wildman–Crippen MR) is 56.3 cm³/mol. The van der Waals surface area contributed by atoms with Crippen molar-refractivity contribution in [3.63, 3.8) is 0 Å². The first-order chi connectivity index (χ1) is 7.06. The zero-order chi connectivity index (χ0) is 11.3. The van der Waals surface area contributed by atoms with Crippen LogP contribution in [0.3, 0.4) is 0 Å². The van der Waals surface area contributed by atoms with Gasteiger partial charge in [0.05, 0.1) is 0 Å². The summed E-state index contributed by atoms with van der Waals surface area (Å²) in [6.07, 6.45) is 1.98. The summed E-state index contributed by atoms with van der Waals surface area (Å²) in [6, 6.07) is 5.63. The lowest BCUT2D eigenvalue weighted by Gasteiger charge is -2.23. The fourth-order valence-electron chi connectivity index (χ4n) is 1.20. The number of carbonyl (C=O) groups excluding carboxylic acids is 2. The van der Waals surface area contributed by atoms with Gasteiger partial charge in [-0.15, -0.1) is 0 Å². The average Bonchev–Trinajstić information content (AvgIpc) is 2.27. The molecule has 0 unspecified atom stereocenters. The normalized spacial score (nSPS) is 10.8. The summed E-state index contributed by atoms with van der Waals surface area (Å²) in [5.74, 6) is -0.598. The molecule has 0 aromatic carbocycles. The number of nitrogens with zero attached hydrogens (tertiary/aromatic N) is 1. The Labute approximate surface area is 88.7 Å². The molecule has 15 heavy (non-hydrogen) atoms. The molecule has 0 aliphatic heterocycles. The summed E-state index contributed by atoms with van der Waals surface area (Å²) >= 11 is 0.